The number of nitro groups is 1. The van der Waals surface area contributed by atoms with Gasteiger partial charge in [-0.05, 0) is 24.6 Å². The highest BCUT2D eigenvalue weighted by atomic mass is 32.2. The van der Waals surface area contributed by atoms with Crippen molar-refractivity contribution in [3.05, 3.63) is 51.7 Å². The molecule has 208 valence electrons. The van der Waals surface area contributed by atoms with Crippen LogP contribution in [0.3, 0.4) is 0 Å². The van der Waals surface area contributed by atoms with Gasteiger partial charge in [0.05, 0.1) is 10.2 Å². The summed E-state index contributed by atoms with van der Waals surface area (Å²) in [7, 11) is -2.66. The molecule has 17 heteroatoms. The van der Waals surface area contributed by atoms with E-state index in [1.807, 2.05) is 0 Å². The van der Waals surface area contributed by atoms with E-state index in [4.69, 9.17) is 14.2 Å². The quantitative estimate of drug-likeness (QED) is 0.107. The Morgan fingerprint density at radius 2 is 1.74 bits per heavy atom. The minimum atomic E-state index is -4.04. The van der Waals surface area contributed by atoms with Gasteiger partial charge >= 0.3 is 29.7 Å². The van der Waals surface area contributed by atoms with Crippen molar-refractivity contribution in [2.45, 2.75) is 44.0 Å². The zero-order valence-corrected chi connectivity index (χ0v) is 22.0. The van der Waals surface area contributed by atoms with Gasteiger partial charge in [0.25, 0.3) is 5.69 Å². The van der Waals surface area contributed by atoms with Crippen molar-refractivity contribution < 1.29 is 51.3 Å². The van der Waals surface area contributed by atoms with Crippen LogP contribution in [0.4, 0.5) is 5.69 Å². The van der Waals surface area contributed by atoms with Gasteiger partial charge < -0.3 is 19.1 Å². The molecule has 0 spiro atoms. The first-order chi connectivity index (χ1) is 18.2. The third-order valence-corrected chi connectivity index (χ3v) is 9.07. The van der Waals surface area contributed by atoms with E-state index in [1.54, 1.807) is 0 Å². The number of hydrogen-bond donors (Lipinski definition) is 0. The summed E-state index contributed by atoms with van der Waals surface area (Å²) in [5.41, 5.74) is 0.276. The Morgan fingerprint density at radius 3 is 2.31 bits per heavy atom. The molecule has 5 atom stereocenters. The lowest BCUT2D eigenvalue weighted by molar-refractivity contribution is -0.896. The van der Waals surface area contributed by atoms with E-state index in [0.717, 1.165) is 18.7 Å². The number of nitrogens with zero attached hydrogens (tertiary/aromatic N) is 5. The molecule has 3 heterocycles. The van der Waals surface area contributed by atoms with Crippen LogP contribution in [0.5, 0.6) is 0 Å². The van der Waals surface area contributed by atoms with Crippen LogP contribution in [0.15, 0.2) is 46.4 Å². The largest absolute Gasteiger partial charge is 0.459 e. The second-order valence-electron chi connectivity index (χ2n) is 9.32. The van der Waals surface area contributed by atoms with E-state index in [9.17, 15) is 37.7 Å². The minimum absolute atomic E-state index is 0.152. The number of benzene rings is 1. The topological polar surface area (TPSA) is 201 Å². The fraction of sp³-hybridized carbons (Fsp3) is 0.455. The summed E-state index contributed by atoms with van der Waals surface area (Å²) in [5, 5.41) is 15.8. The van der Waals surface area contributed by atoms with Gasteiger partial charge in [0.1, 0.15) is 32.2 Å². The number of β-lactam (4-membered cyclic amide) rings is 1. The predicted octanol–water partition coefficient (Wildman–Crippen LogP) is 0.688. The van der Waals surface area contributed by atoms with Crippen molar-refractivity contribution >= 4 is 39.3 Å². The molecule has 39 heavy (non-hydrogen) atoms. The monoisotopic (exact) mass is 566 g/mol. The summed E-state index contributed by atoms with van der Waals surface area (Å²) >= 11 is 0. The fourth-order valence-corrected chi connectivity index (χ4v) is 6.95. The molecule has 1 aromatic rings. The van der Waals surface area contributed by atoms with Crippen molar-refractivity contribution in [3.63, 3.8) is 0 Å². The molecule has 3 aliphatic rings. The first-order valence-electron chi connectivity index (χ1n) is 11.5. The maximum atomic E-state index is 13.3. The highest BCUT2D eigenvalue weighted by Gasteiger charge is 2.69. The van der Waals surface area contributed by atoms with Crippen LogP contribution >= 0.6 is 0 Å². The molecule has 16 nitrogen and oxygen atoms in total. The molecule has 0 aliphatic carbocycles. The molecular weight excluding hydrogens is 542 g/mol. The van der Waals surface area contributed by atoms with Gasteiger partial charge in [0.15, 0.2) is 15.2 Å². The van der Waals surface area contributed by atoms with Gasteiger partial charge in [-0.1, -0.05) is 5.11 Å². The van der Waals surface area contributed by atoms with Crippen LogP contribution < -0.4 is 0 Å². The number of esters is 3. The predicted molar refractivity (Wildman–Crippen MR) is 126 cm³/mol. The molecular formula is C22H24N5O11S+. The van der Waals surface area contributed by atoms with Gasteiger partial charge in [0.2, 0.25) is 5.91 Å². The molecule has 0 saturated carbocycles. The van der Waals surface area contributed by atoms with Crippen LogP contribution in [-0.4, -0.2) is 76.9 Å². The normalized spacial score (nSPS) is 28.5. The summed E-state index contributed by atoms with van der Waals surface area (Å²) in [5.74, 6) is -5.05. The van der Waals surface area contributed by atoms with Crippen molar-refractivity contribution in [1.82, 2.24) is 4.90 Å². The number of hydrogen-bond acceptors (Lipinski definition) is 13. The minimum Gasteiger partial charge on any atom is -0.459 e. The SMILES string of the molecule is CC(=O)OC1=C(OC(C)=O)[N+](C)(CC2C(=O)N3[C@@H](C(=O)OCc4ccc([N+](=O)[O-])cc4)[C@@H](C)S(=O)(=O)[C@@H]23)N=N1. The number of amides is 1. The van der Waals surface area contributed by atoms with Crippen LogP contribution in [0.2, 0.25) is 0 Å². The Kier molecular flexibility index (Phi) is 6.99. The standard InChI is InChI=1S/C22H24N5O11S/c1-11-17(22(31)36-10-14-5-7-15(8-6-14)26(32)33)25-19(30)16(20(25)39(11,34)35)9-27(4)21(38-13(3)29)18(23-24-27)37-12(2)28/h5-8,11,16-17,20H,9-10H2,1-4H3/q+1/t11-,16?,17-,20+,27?/m1/s1. The number of non-ortho nitro benzene ring substituents is 1. The van der Waals surface area contributed by atoms with Crippen LogP contribution in [-0.2, 0) is 49.8 Å². The molecule has 0 bridgehead atoms. The Bertz CT molecular complexity index is 1440. The summed E-state index contributed by atoms with van der Waals surface area (Å²) in [6.45, 7) is 2.86. The van der Waals surface area contributed by atoms with Crippen molar-refractivity contribution in [2.75, 3.05) is 13.6 Å². The van der Waals surface area contributed by atoms with E-state index >= 15 is 0 Å². The average Bonchev–Trinajstić information content (AvgIpc) is 3.24. The number of quaternary nitrogens is 1. The van der Waals surface area contributed by atoms with E-state index in [1.165, 1.54) is 38.2 Å². The maximum Gasteiger partial charge on any atom is 0.394 e. The van der Waals surface area contributed by atoms with Crippen LogP contribution in [0, 0.1) is 16.0 Å². The Balaban J connectivity index is 1.52. The Hall–Kier alpha value is -4.25. The number of nitro benzene ring substituents is 1. The second-order valence-corrected chi connectivity index (χ2v) is 11.7. The molecule has 2 fully saturated rings. The highest BCUT2D eigenvalue weighted by Crippen LogP contribution is 2.46. The van der Waals surface area contributed by atoms with Crippen molar-refractivity contribution in [3.8, 4) is 0 Å². The zero-order valence-electron chi connectivity index (χ0n) is 21.2. The maximum absolute atomic E-state index is 13.3. The van der Waals surface area contributed by atoms with E-state index in [0.29, 0.717) is 5.56 Å². The first kappa shape index (κ1) is 27.8. The van der Waals surface area contributed by atoms with Crippen LogP contribution in [0.1, 0.15) is 26.3 Å². The Morgan fingerprint density at radius 1 is 1.13 bits per heavy atom. The van der Waals surface area contributed by atoms with Gasteiger partial charge in [-0.25, -0.2) is 13.2 Å². The molecule has 3 aliphatic heterocycles. The highest BCUT2D eigenvalue weighted by molar-refractivity contribution is 7.93. The molecule has 0 radical (unpaired) electrons. The molecule has 2 saturated heterocycles. The molecule has 2 unspecified atom stereocenters. The second kappa shape index (κ2) is 9.81. The third-order valence-electron chi connectivity index (χ3n) is 6.55. The number of fused-ring (bicyclic) bond motifs is 1. The van der Waals surface area contributed by atoms with Gasteiger partial charge in [0, 0.05) is 31.2 Å². The van der Waals surface area contributed by atoms with Gasteiger partial charge in [-0.3, -0.25) is 24.5 Å². The fourth-order valence-electron chi connectivity index (χ4n) is 4.70. The number of ether oxygens (including phenoxy) is 3. The third kappa shape index (κ3) is 4.85. The van der Waals surface area contributed by atoms with Crippen molar-refractivity contribution in [1.29, 1.82) is 0 Å². The van der Waals surface area contributed by atoms with E-state index in [2.05, 4.69) is 10.3 Å². The molecule has 1 aromatic carbocycles. The molecule has 4 rings (SSSR count). The summed E-state index contributed by atoms with van der Waals surface area (Å²) in [6.07, 6.45) is 0. The van der Waals surface area contributed by atoms with E-state index in [-0.39, 0.29) is 24.7 Å². The average molecular weight is 567 g/mol. The number of carbonyl (C=O) groups excluding carboxylic acids is 4. The van der Waals surface area contributed by atoms with Crippen LogP contribution in [0.25, 0.3) is 0 Å². The van der Waals surface area contributed by atoms with E-state index < -0.39 is 71.6 Å². The summed E-state index contributed by atoms with van der Waals surface area (Å²) < 4.78 is 41.2. The Labute approximate surface area is 221 Å². The zero-order chi connectivity index (χ0) is 28.9. The molecule has 0 aromatic heterocycles. The number of sulfone groups is 1. The lowest BCUT2D eigenvalue weighted by atomic mass is 9.94. The summed E-state index contributed by atoms with van der Waals surface area (Å²) in [4.78, 5) is 60.4. The van der Waals surface area contributed by atoms with Crippen molar-refractivity contribution in [2.24, 2.45) is 16.3 Å². The molecule has 1 amide bonds. The number of carbonyl (C=O) groups is 4. The lowest BCUT2D eigenvalue weighted by Gasteiger charge is -2.43. The lowest BCUT2D eigenvalue weighted by Crippen LogP contribution is -2.67. The first-order valence-corrected chi connectivity index (χ1v) is 13.1. The number of rotatable bonds is 8. The van der Waals surface area contributed by atoms with Gasteiger partial charge in [-0.15, -0.1) is 4.59 Å². The van der Waals surface area contributed by atoms with Gasteiger partial charge in [-0.2, -0.15) is 0 Å². The smallest absolute Gasteiger partial charge is 0.394 e. The summed E-state index contributed by atoms with van der Waals surface area (Å²) in [6, 6.07) is 3.83. The molecule has 0 N–H and O–H groups in total.